The van der Waals surface area contributed by atoms with E-state index >= 15 is 0 Å². The van der Waals surface area contributed by atoms with Gasteiger partial charge in [0.15, 0.2) is 5.65 Å². The largest absolute Gasteiger partial charge is 0.497 e. The smallest absolute Gasteiger partial charge is 0.155 e. The van der Waals surface area contributed by atoms with Crippen LogP contribution in [0.1, 0.15) is 5.56 Å². The highest BCUT2D eigenvalue weighted by atomic mass is 16.5. The van der Waals surface area contributed by atoms with Gasteiger partial charge in [-0.2, -0.15) is 0 Å². The molecule has 4 aromatic rings. The molecule has 0 fully saturated rings. The van der Waals surface area contributed by atoms with E-state index in [1.807, 2.05) is 55.0 Å². The van der Waals surface area contributed by atoms with E-state index in [0.29, 0.717) is 0 Å². The molecule has 4 rings (SSSR count). The molecule has 0 aliphatic carbocycles. The predicted molar refractivity (Wildman–Crippen MR) is 95.1 cm³/mol. The Morgan fingerprint density at radius 3 is 2.46 bits per heavy atom. The van der Waals surface area contributed by atoms with Crippen LogP contribution < -0.4 is 4.74 Å². The van der Waals surface area contributed by atoms with Crippen molar-refractivity contribution in [1.82, 2.24) is 14.4 Å². The van der Waals surface area contributed by atoms with Gasteiger partial charge in [0.1, 0.15) is 5.75 Å². The average molecular weight is 315 g/mol. The van der Waals surface area contributed by atoms with Gasteiger partial charge in [-0.05, 0) is 36.8 Å². The molecule has 0 saturated heterocycles. The first-order chi connectivity index (χ1) is 11.8. The maximum atomic E-state index is 5.23. The minimum absolute atomic E-state index is 0.832. The number of hydrogen-bond donors (Lipinski definition) is 0. The molecular weight excluding hydrogens is 298 g/mol. The molecular formula is C20H17N3O. The lowest BCUT2D eigenvalue weighted by molar-refractivity contribution is 0.415. The normalized spacial score (nSPS) is 10.9. The zero-order valence-electron chi connectivity index (χ0n) is 13.6. The van der Waals surface area contributed by atoms with E-state index in [1.165, 1.54) is 5.56 Å². The molecule has 0 N–H and O–H groups in total. The molecule has 2 aromatic heterocycles. The van der Waals surface area contributed by atoms with Crippen LogP contribution in [0.5, 0.6) is 5.75 Å². The summed E-state index contributed by atoms with van der Waals surface area (Å²) >= 11 is 0. The second kappa shape index (κ2) is 5.81. The summed E-state index contributed by atoms with van der Waals surface area (Å²) < 4.78 is 7.31. The number of ether oxygens (including phenoxy) is 1. The molecule has 118 valence electrons. The molecule has 0 atom stereocenters. The second-order valence-corrected chi connectivity index (χ2v) is 5.69. The van der Waals surface area contributed by atoms with E-state index in [0.717, 1.165) is 33.9 Å². The number of fused-ring (bicyclic) bond motifs is 1. The fourth-order valence-corrected chi connectivity index (χ4v) is 2.86. The van der Waals surface area contributed by atoms with Crippen LogP contribution in [0, 0.1) is 6.92 Å². The molecule has 2 aromatic carbocycles. The van der Waals surface area contributed by atoms with E-state index in [4.69, 9.17) is 4.74 Å². The fraction of sp³-hybridized carbons (Fsp3) is 0.100. The van der Waals surface area contributed by atoms with Crippen LogP contribution in [-0.4, -0.2) is 21.5 Å². The number of imidazole rings is 1. The molecule has 0 spiro atoms. The first-order valence-corrected chi connectivity index (χ1v) is 7.80. The van der Waals surface area contributed by atoms with Crippen molar-refractivity contribution in [3.63, 3.8) is 0 Å². The third-order valence-electron chi connectivity index (χ3n) is 4.20. The molecule has 0 unspecified atom stereocenters. The number of methoxy groups -OCH3 is 1. The summed E-state index contributed by atoms with van der Waals surface area (Å²) in [7, 11) is 1.67. The number of aryl methyl sites for hydroxylation is 1. The maximum Gasteiger partial charge on any atom is 0.155 e. The lowest BCUT2D eigenvalue weighted by Crippen LogP contribution is -1.94. The van der Waals surface area contributed by atoms with E-state index in [1.54, 1.807) is 7.11 Å². The molecule has 24 heavy (non-hydrogen) atoms. The van der Waals surface area contributed by atoms with Gasteiger partial charge in [0.05, 0.1) is 30.9 Å². The van der Waals surface area contributed by atoms with Gasteiger partial charge in [-0.1, -0.05) is 24.3 Å². The molecule has 2 heterocycles. The van der Waals surface area contributed by atoms with Gasteiger partial charge in [-0.15, -0.1) is 0 Å². The molecule has 0 bridgehead atoms. The predicted octanol–water partition coefficient (Wildman–Crippen LogP) is 4.38. The number of nitrogens with zero attached hydrogens (tertiary/aromatic N) is 3. The van der Waals surface area contributed by atoms with Crippen LogP contribution in [0.4, 0.5) is 0 Å². The second-order valence-electron chi connectivity index (χ2n) is 5.69. The monoisotopic (exact) mass is 315 g/mol. The van der Waals surface area contributed by atoms with Gasteiger partial charge in [0.2, 0.25) is 0 Å². The quantitative estimate of drug-likeness (QED) is 0.563. The summed E-state index contributed by atoms with van der Waals surface area (Å²) in [5, 5.41) is 0. The molecule has 4 heteroatoms. The topological polar surface area (TPSA) is 39.4 Å². The van der Waals surface area contributed by atoms with Crippen molar-refractivity contribution < 1.29 is 4.74 Å². The summed E-state index contributed by atoms with van der Waals surface area (Å²) in [6.07, 6.45) is 5.74. The first-order valence-electron chi connectivity index (χ1n) is 7.80. The van der Waals surface area contributed by atoms with Gasteiger partial charge in [0.25, 0.3) is 0 Å². The van der Waals surface area contributed by atoms with E-state index in [2.05, 4.69) is 33.4 Å². The molecule has 0 aliphatic rings. The van der Waals surface area contributed by atoms with Crippen molar-refractivity contribution >= 4 is 5.65 Å². The number of benzene rings is 2. The standard InChI is InChI=1S/C20H17N3O/c1-14-5-3-4-6-17(14)18-13-23-19(11-22-20(23)12-21-18)15-7-9-16(24-2)10-8-15/h3-13H,1-2H3. The summed E-state index contributed by atoms with van der Waals surface area (Å²) in [4.78, 5) is 9.03. The number of hydrogen-bond acceptors (Lipinski definition) is 3. The first kappa shape index (κ1) is 14.5. The van der Waals surface area contributed by atoms with Crippen LogP contribution in [-0.2, 0) is 0 Å². The zero-order chi connectivity index (χ0) is 16.5. The summed E-state index contributed by atoms with van der Waals surface area (Å²) in [6.45, 7) is 2.10. The van der Waals surface area contributed by atoms with E-state index in [-0.39, 0.29) is 0 Å². The van der Waals surface area contributed by atoms with Crippen molar-refractivity contribution in [2.75, 3.05) is 7.11 Å². The minimum atomic E-state index is 0.832. The SMILES string of the molecule is COc1ccc(-c2cnc3cnc(-c4ccccc4C)cn23)cc1. The molecule has 0 aliphatic heterocycles. The summed E-state index contributed by atoms with van der Waals surface area (Å²) in [5.41, 5.74) is 6.23. The highest BCUT2D eigenvalue weighted by Gasteiger charge is 2.09. The summed E-state index contributed by atoms with van der Waals surface area (Å²) in [6, 6.07) is 16.2. The Morgan fingerprint density at radius 2 is 1.71 bits per heavy atom. The van der Waals surface area contributed by atoms with Crippen molar-refractivity contribution in [1.29, 1.82) is 0 Å². The Bertz CT molecular complexity index is 1000. The van der Waals surface area contributed by atoms with Crippen molar-refractivity contribution in [3.05, 3.63) is 72.7 Å². The number of aromatic nitrogens is 3. The van der Waals surface area contributed by atoms with Crippen LogP contribution >= 0.6 is 0 Å². The molecule has 0 saturated carbocycles. The average Bonchev–Trinajstić information content (AvgIpc) is 3.05. The molecule has 0 radical (unpaired) electrons. The lowest BCUT2D eigenvalue weighted by atomic mass is 10.1. The summed E-state index contributed by atoms with van der Waals surface area (Å²) in [5.74, 6) is 0.842. The minimum Gasteiger partial charge on any atom is -0.497 e. The number of rotatable bonds is 3. The van der Waals surface area contributed by atoms with Crippen molar-refractivity contribution in [3.8, 4) is 28.3 Å². The Hall–Kier alpha value is -3.14. The Morgan fingerprint density at radius 1 is 0.917 bits per heavy atom. The van der Waals surface area contributed by atoms with Crippen molar-refractivity contribution in [2.45, 2.75) is 6.92 Å². The fourth-order valence-electron chi connectivity index (χ4n) is 2.86. The van der Waals surface area contributed by atoms with Gasteiger partial charge in [0, 0.05) is 17.3 Å². The van der Waals surface area contributed by atoms with Gasteiger partial charge < -0.3 is 4.74 Å². The van der Waals surface area contributed by atoms with Crippen LogP contribution in [0.15, 0.2) is 67.1 Å². The molecule has 0 amide bonds. The molecule has 4 nitrogen and oxygen atoms in total. The van der Waals surface area contributed by atoms with Crippen LogP contribution in [0.3, 0.4) is 0 Å². The highest BCUT2D eigenvalue weighted by Crippen LogP contribution is 2.26. The maximum absolute atomic E-state index is 5.23. The zero-order valence-corrected chi connectivity index (χ0v) is 13.6. The van der Waals surface area contributed by atoms with E-state index in [9.17, 15) is 0 Å². The van der Waals surface area contributed by atoms with Crippen LogP contribution in [0.2, 0.25) is 0 Å². The van der Waals surface area contributed by atoms with E-state index < -0.39 is 0 Å². The van der Waals surface area contributed by atoms with Crippen LogP contribution in [0.25, 0.3) is 28.2 Å². The Labute approximate surface area is 140 Å². The third kappa shape index (κ3) is 2.42. The third-order valence-corrected chi connectivity index (χ3v) is 4.20. The Kier molecular flexibility index (Phi) is 3.50. The highest BCUT2D eigenvalue weighted by molar-refractivity contribution is 5.68. The van der Waals surface area contributed by atoms with Gasteiger partial charge in [-0.3, -0.25) is 9.38 Å². The van der Waals surface area contributed by atoms with Gasteiger partial charge >= 0.3 is 0 Å². The Balaban J connectivity index is 1.85. The van der Waals surface area contributed by atoms with Gasteiger partial charge in [-0.25, -0.2) is 4.98 Å². The lowest BCUT2D eigenvalue weighted by Gasteiger charge is -2.07. The van der Waals surface area contributed by atoms with Crippen molar-refractivity contribution in [2.24, 2.45) is 0 Å².